The highest BCUT2D eigenvalue weighted by molar-refractivity contribution is 5.94. The minimum atomic E-state index is -1.45. The summed E-state index contributed by atoms with van der Waals surface area (Å²) in [6, 6.07) is 2.27. The van der Waals surface area contributed by atoms with E-state index >= 15 is 0 Å². The lowest BCUT2D eigenvalue weighted by molar-refractivity contribution is -0.0740. The van der Waals surface area contributed by atoms with Crippen LogP contribution in [0, 0.1) is 6.92 Å². The number of hydrogen-bond donors (Lipinski definition) is 5. The quantitative estimate of drug-likeness (QED) is 0.469. The summed E-state index contributed by atoms with van der Waals surface area (Å²) in [7, 11) is 0. The Kier molecular flexibility index (Phi) is 5.32. The molecule has 0 aromatic heterocycles. The number of aryl methyl sites for hydroxylation is 1. The van der Waals surface area contributed by atoms with E-state index in [9.17, 15) is 25.2 Å². The lowest BCUT2D eigenvalue weighted by Crippen LogP contribution is -2.39. The molecule has 20 heavy (non-hydrogen) atoms. The van der Waals surface area contributed by atoms with Gasteiger partial charge in [-0.05, 0) is 25.5 Å². The number of rotatable bonds is 5. The second-order valence-electron chi connectivity index (χ2n) is 4.55. The number of aliphatic hydroxyl groups excluding tert-OH is 3. The van der Waals surface area contributed by atoms with Crippen molar-refractivity contribution in [1.82, 2.24) is 0 Å². The number of carbonyl (C=O) groups excluding carboxylic acids is 1. The topological polar surface area (TPSA) is 127 Å². The number of esters is 1. The smallest absolute Gasteiger partial charge is 0.342 e. The number of phenolic OH excluding ortho intramolecular Hbond substituents is 2. The fourth-order valence-electron chi connectivity index (χ4n) is 1.67. The fourth-order valence-corrected chi connectivity index (χ4v) is 1.67. The Hall–Kier alpha value is -1.83. The van der Waals surface area contributed by atoms with Gasteiger partial charge in [-0.25, -0.2) is 4.79 Å². The monoisotopic (exact) mass is 286 g/mol. The first-order valence-electron chi connectivity index (χ1n) is 5.98. The molecule has 0 aliphatic heterocycles. The first-order chi connectivity index (χ1) is 9.23. The molecule has 5 N–H and O–H groups in total. The summed E-state index contributed by atoms with van der Waals surface area (Å²) >= 11 is 0. The minimum Gasteiger partial charge on any atom is -0.508 e. The van der Waals surface area contributed by atoms with Crippen molar-refractivity contribution in [3.63, 3.8) is 0 Å². The van der Waals surface area contributed by atoms with Gasteiger partial charge in [0.2, 0.25) is 0 Å². The minimum absolute atomic E-state index is 0.137. The molecule has 1 rings (SSSR count). The number of aliphatic hydroxyl groups is 3. The summed E-state index contributed by atoms with van der Waals surface area (Å²) in [5, 5.41) is 46.7. The molecule has 0 bridgehead atoms. The maximum absolute atomic E-state index is 11.8. The molecular weight excluding hydrogens is 268 g/mol. The first-order valence-corrected chi connectivity index (χ1v) is 5.98. The Labute approximate surface area is 115 Å². The molecule has 1 aromatic carbocycles. The normalized spacial score (nSPS) is 15.4. The number of hydrogen-bond acceptors (Lipinski definition) is 7. The molecule has 112 valence electrons. The van der Waals surface area contributed by atoms with E-state index in [1.54, 1.807) is 0 Å². The van der Waals surface area contributed by atoms with E-state index in [2.05, 4.69) is 0 Å². The van der Waals surface area contributed by atoms with Gasteiger partial charge in [0, 0.05) is 6.07 Å². The highest BCUT2D eigenvalue weighted by Crippen LogP contribution is 2.27. The van der Waals surface area contributed by atoms with Crippen LogP contribution in [0.4, 0.5) is 0 Å². The van der Waals surface area contributed by atoms with Gasteiger partial charge in [-0.15, -0.1) is 0 Å². The number of aromatic hydroxyl groups is 2. The van der Waals surface area contributed by atoms with Gasteiger partial charge in [0.1, 0.15) is 35.9 Å². The third-order valence-electron chi connectivity index (χ3n) is 2.78. The van der Waals surface area contributed by atoms with Crippen LogP contribution in [0.3, 0.4) is 0 Å². The molecule has 3 atom stereocenters. The van der Waals surface area contributed by atoms with E-state index in [0.29, 0.717) is 5.56 Å². The van der Waals surface area contributed by atoms with E-state index in [-0.39, 0.29) is 11.3 Å². The first kappa shape index (κ1) is 16.2. The van der Waals surface area contributed by atoms with Gasteiger partial charge in [-0.2, -0.15) is 0 Å². The standard InChI is InChI=1S/C13H18O7/c1-6-3-8(15)4-9(16)11(6)13(19)20-5-10(17)12(18)7(2)14/h3-4,7,10,12,14-18H,5H2,1-2H3/t7-,10+,12-/m0/s1. The van der Waals surface area contributed by atoms with E-state index in [0.717, 1.165) is 6.07 Å². The van der Waals surface area contributed by atoms with Crippen molar-refractivity contribution in [1.29, 1.82) is 0 Å². The van der Waals surface area contributed by atoms with Crippen LogP contribution in [0.5, 0.6) is 11.5 Å². The maximum Gasteiger partial charge on any atom is 0.342 e. The van der Waals surface area contributed by atoms with Gasteiger partial charge in [-0.3, -0.25) is 0 Å². The predicted octanol–water partition coefficient (Wildman–Crippen LogP) is -0.334. The third-order valence-corrected chi connectivity index (χ3v) is 2.78. The highest BCUT2D eigenvalue weighted by atomic mass is 16.5. The molecule has 0 aliphatic carbocycles. The number of benzene rings is 1. The van der Waals surface area contributed by atoms with Gasteiger partial charge < -0.3 is 30.3 Å². The van der Waals surface area contributed by atoms with Crippen molar-refractivity contribution in [2.45, 2.75) is 32.2 Å². The molecule has 0 saturated carbocycles. The Balaban J connectivity index is 2.73. The van der Waals surface area contributed by atoms with Crippen molar-refractivity contribution in [3.05, 3.63) is 23.3 Å². The van der Waals surface area contributed by atoms with Crippen molar-refractivity contribution in [2.75, 3.05) is 6.61 Å². The molecule has 0 saturated heterocycles. The van der Waals surface area contributed by atoms with E-state index < -0.39 is 36.6 Å². The van der Waals surface area contributed by atoms with E-state index in [4.69, 9.17) is 9.84 Å². The zero-order valence-corrected chi connectivity index (χ0v) is 11.1. The lowest BCUT2D eigenvalue weighted by Gasteiger charge is -2.20. The Bertz CT molecular complexity index is 461. The van der Waals surface area contributed by atoms with Crippen molar-refractivity contribution < 1.29 is 35.1 Å². The summed E-state index contributed by atoms with van der Waals surface area (Å²) in [6.07, 6.45) is -4.07. The van der Waals surface area contributed by atoms with Crippen molar-refractivity contribution >= 4 is 5.97 Å². The van der Waals surface area contributed by atoms with Crippen LogP contribution in [-0.2, 0) is 4.74 Å². The van der Waals surface area contributed by atoms with Crippen LogP contribution < -0.4 is 0 Å². The van der Waals surface area contributed by atoms with Crippen molar-refractivity contribution in [2.24, 2.45) is 0 Å². The molecule has 0 amide bonds. The zero-order valence-electron chi connectivity index (χ0n) is 11.1. The molecule has 0 fully saturated rings. The summed E-state index contributed by atoms with van der Waals surface area (Å²) in [4.78, 5) is 11.8. The number of ether oxygens (including phenoxy) is 1. The van der Waals surface area contributed by atoms with Gasteiger partial charge in [0.05, 0.1) is 6.10 Å². The maximum atomic E-state index is 11.8. The number of carbonyl (C=O) groups is 1. The fraction of sp³-hybridized carbons (Fsp3) is 0.462. The summed E-state index contributed by atoms with van der Waals surface area (Å²) < 4.78 is 4.76. The number of phenols is 2. The summed E-state index contributed by atoms with van der Waals surface area (Å²) in [6.45, 7) is 2.24. The molecule has 0 heterocycles. The van der Waals surface area contributed by atoms with Crippen LogP contribution in [0.2, 0.25) is 0 Å². The predicted molar refractivity (Wildman–Crippen MR) is 68.5 cm³/mol. The Morgan fingerprint density at radius 2 is 1.85 bits per heavy atom. The average Bonchev–Trinajstić information content (AvgIpc) is 2.33. The van der Waals surface area contributed by atoms with Gasteiger partial charge in [0.15, 0.2) is 0 Å². The van der Waals surface area contributed by atoms with Crippen LogP contribution in [0.25, 0.3) is 0 Å². The molecule has 1 aromatic rings. The Morgan fingerprint density at radius 3 is 2.35 bits per heavy atom. The second-order valence-corrected chi connectivity index (χ2v) is 4.55. The Morgan fingerprint density at radius 1 is 1.25 bits per heavy atom. The zero-order chi connectivity index (χ0) is 15.4. The SMILES string of the molecule is Cc1cc(O)cc(O)c1C(=O)OC[C@@H](O)[C@@H](O)[C@H](C)O. The highest BCUT2D eigenvalue weighted by Gasteiger charge is 2.24. The van der Waals surface area contributed by atoms with Crippen molar-refractivity contribution in [3.8, 4) is 11.5 Å². The average molecular weight is 286 g/mol. The molecule has 0 spiro atoms. The molecule has 7 heteroatoms. The van der Waals surface area contributed by atoms with E-state index in [1.165, 1.54) is 19.9 Å². The summed E-state index contributed by atoms with van der Waals surface area (Å²) in [5.41, 5.74) is 0.166. The second kappa shape index (κ2) is 6.56. The molecule has 0 radical (unpaired) electrons. The molecule has 7 nitrogen and oxygen atoms in total. The third kappa shape index (κ3) is 3.83. The molecule has 0 unspecified atom stereocenters. The van der Waals surface area contributed by atoms with Crippen LogP contribution in [0.1, 0.15) is 22.8 Å². The molecular formula is C13H18O7. The lowest BCUT2D eigenvalue weighted by atomic mass is 10.1. The van der Waals surface area contributed by atoms with Crippen LogP contribution in [0.15, 0.2) is 12.1 Å². The van der Waals surface area contributed by atoms with Gasteiger partial charge in [-0.1, -0.05) is 0 Å². The van der Waals surface area contributed by atoms with Gasteiger partial charge >= 0.3 is 5.97 Å². The summed E-state index contributed by atoms with van der Waals surface area (Å²) in [5.74, 6) is -1.55. The van der Waals surface area contributed by atoms with Gasteiger partial charge in [0.25, 0.3) is 0 Å². The largest absolute Gasteiger partial charge is 0.508 e. The van der Waals surface area contributed by atoms with E-state index in [1.807, 2.05) is 0 Å². The van der Waals surface area contributed by atoms with Crippen LogP contribution >= 0.6 is 0 Å². The van der Waals surface area contributed by atoms with Crippen LogP contribution in [-0.4, -0.2) is 56.4 Å². The molecule has 0 aliphatic rings.